The van der Waals surface area contributed by atoms with Gasteiger partial charge in [0.05, 0.1) is 11.4 Å². The summed E-state index contributed by atoms with van der Waals surface area (Å²) in [6.07, 6.45) is 0. The Morgan fingerprint density at radius 2 is 1.97 bits per heavy atom. The molecule has 8 heteroatoms. The molecule has 0 saturated heterocycles. The molecular weight excluding hydrogens is 480 g/mol. The molecule has 6 nitrogen and oxygen atoms in total. The molecule has 0 fully saturated rings. The number of halogens is 1. The average molecular weight is 505 g/mol. The molecule has 1 aliphatic rings. The smallest absolute Gasteiger partial charge is 0.277 e. The first-order chi connectivity index (χ1) is 16.8. The van der Waals surface area contributed by atoms with Crippen LogP contribution in [-0.4, -0.2) is 27.1 Å². The molecule has 0 saturated carbocycles. The molecule has 1 atom stereocenters. The summed E-state index contributed by atoms with van der Waals surface area (Å²) in [5.74, 6) is -0.546. The van der Waals surface area contributed by atoms with Crippen LogP contribution in [0, 0.1) is 13.8 Å². The van der Waals surface area contributed by atoms with Crippen LogP contribution in [-0.2, 0) is 17.9 Å². The van der Waals surface area contributed by atoms with E-state index in [1.165, 1.54) is 0 Å². The highest BCUT2D eigenvalue weighted by molar-refractivity contribution is 7.13. The molecule has 0 spiro atoms. The SMILES string of the molecule is Cc1cccc(CNC(=O)[C@@]2(C)Cn3nc(-c4cccs4)cc3C(=O)N2c2cc(Cl)ccc2C)c1. The summed E-state index contributed by atoms with van der Waals surface area (Å²) in [7, 11) is 0. The highest BCUT2D eigenvalue weighted by atomic mass is 35.5. The Balaban J connectivity index is 1.57. The fourth-order valence-corrected chi connectivity index (χ4v) is 5.37. The highest BCUT2D eigenvalue weighted by Gasteiger charge is 2.49. The number of aromatic nitrogens is 2. The van der Waals surface area contributed by atoms with E-state index in [0.717, 1.165) is 27.3 Å². The first-order valence-corrected chi connectivity index (χ1v) is 12.6. The lowest BCUT2D eigenvalue weighted by atomic mass is 9.93. The third-order valence-corrected chi connectivity index (χ3v) is 7.49. The van der Waals surface area contributed by atoms with Gasteiger partial charge >= 0.3 is 0 Å². The number of aryl methyl sites for hydroxylation is 2. The van der Waals surface area contributed by atoms with Gasteiger partial charge in [-0.05, 0) is 61.5 Å². The van der Waals surface area contributed by atoms with E-state index in [9.17, 15) is 9.59 Å². The van der Waals surface area contributed by atoms with Crippen LogP contribution in [0.4, 0.5) is 5.69 Å². The molecular formula is C27H25ClN4O2S. The van der Waals surface area contributed by atoms with Gasteiger partial charge in [0.1, 0.15) is 16.9 Å². The van der Waals surface area contributed by atoms with E-state index in [4.69, 9.17) is 16.7 Å². The maximum atomic E-state index is 13.9. The van der Waals surface area contributed by atoms with Gasteiger partial charge in [-0.15, -0.1) is 11.3 Å². The third-order valence-electron chi connectivity index (χ3n) is 6.36. The van der Waals surface area contributed by atoms with Gasteiger partial charge in [0.2, 0.25) is 5.91 Å². The molecule has 0 aliphatic carbocycles. The van der Waals surface area contributed by atoms with Crippen molar-refractivity contribution < 1.29 is 9.59 Å². The van der Waals surface area contributed by atoms with Crippen molar-refractivity contribution in [2.75, 3.05) is 4.90 Å². The van der Waals surface area contributed by atoms with Gasteiger partial charge in [-0.2, -0.15) is 5.10 Å². The van der Waals surface area contributed by atoms with Gasteiger partial charge in [-0.3, -0.25) is 19.2 Å². The van der Waals surface area contributed by atoms with Crippen molar-refractivity contribution in [3.8, 4) is 10.6 Å². The Morgan fingerprint density at radius 1 is 1.14 bits per heavy atom. The van der Waals surface area contributed by atoms with Gasteiger partial charge in [0.25, 0.3) is 5.91 Å². The molecule has 3 heterocycles. The summed E-state index contributed by atoms with van der Waals surface area (Å²) in [6.45, 7) is 6.28. The normalized spacial score (nSPS) is 17.4. The van der Waals surface area contributed by atoms with E-state index in [1.807, 2.05) is 61.7 Å². The molecule has 0 radical (unpaired) electrons. The fraction of sp³-hybridized carbons (Fsp3) is 0.222. The van der Waals surface area contributed by atoms with E-state index in [0.29, 0.717) is 22.9 Å². The fourth-order valence-electron chi connectivity index (χ4n) is 4.52. The minimum atomic E-state index is -1.22. The molecule has 1 aliphatic heterocycles. The average Bonchev–Trinajstić information content (AvgIpc) is 3.50. The number of hydrogen-bond donors (Lipinski definition) is 1. The molecule has 0 unspecified atom stereocenters. The molecule has 0 bridgehead atoms. The largest absolute Gasteiger partial charge is 0.350 e. The van der Waals surface area contributed by atoms with Crippen LogP contribution < -0.4 is 10.2 Å². The van der Waals surface area contributed by atoms with Gasteiger partial charge in [0, 0.05) is 17.3 Å². The quantitative estimate of drug-likeness (QED) is 0.383. The van der Waals surface area contributed by atoms with E-state index >= 15 is 0 Å². The zero-order valence-corrected chi connectivity index (χ0v) is 21.3. The van der Waals surface area contributed by atoms with Gasteiger partial charge in [-0.1, -0.05) is 53.6 Å². The number of carbonyl (C=O) groups is 2. The van der Waals surface area contributed by atoms with Crippen LogP contribution in [0.15, 0.2) is 66.0 Å². The molecule has 35 heavy (non-hydrogen) atoms. The number of nitrogens with one attached hydrogen (secondary N) is 1. The van der Waals surface area contributed by atoms with E-state index in [1.54, 1.807) is 46.0 Å². The number of hydrogen-bond acceptors (Lipinski definition) is 4. The van der Waals surface area contributed by atoms with Crippen LogP contribution in [0.5, 0.6) is 0 Å². The zero-order valence-electron chi connectivity index (χ0n) is 19.7. The Bertz CT molecular complexity index is 1430. The second-order valence-electron chi connectivity index (χ2n) is 9.07. The van der Waals surface area contributed by atoms with Crippen LogP contribution in [0.1, 0.15) is 34.1 Å². The van der Waals surface area contributed by atoms with Gasteiger partial charge in [-0.25, -0.2) is 0 Å². The van der Waals surface area contributed by atoms with Crippen molar-refractivity contribution in [1.29, 1.82) is 0 Å². The number of carbonyl (C=O) groups excluding carboxylic acids is 2. The second-order valence-corrected chi connectivity index (χ2v) is 10.5. The summed E-state index contributed by atoms with van der Waals surface area (Å²) < 4.78 is 1.65. The predicted octanol–water partition coefficient (Wildman–Crippen LogP) is 5.62. The van der Waals surface area contributed by atoms with Crippen molar-refractivity contribution in [2.45, 2.75) is 39.4 Å². The summed E-state index contributed by atoms with van der Waals surface area (Å²) in [6, 6.07) is 19.1. The third kappa shape index (κ3) is 4.26. The number of anilines is 1. The predicted molar refractivity (Wildman–Crippen MR) is 140 cm³/mol. The number of thiophene rings is 1. The molecule has 5 rings (SSSR count). The second kappa shape index (κ2) is 8.98. The summed E-state index contributed by atoms with van der Waals surface area (Å²) in [4.78, 5) is 30.3. The Kier molecular flexibility index (Phi) is 5.99. The van der Waals surface area contributed by atoms with Gasteiger partial charge in [0.15, 0.2) is 0 Å². The number of fused-ring (bicyclic) bond motifs is 1. The monoisotopic (exact) mass is 504 g/mol. The maximum absolute atomic E-state index is 13.9. The van der Waals surface area contributed by atoms with Crippen molar-refractivity contribution >= 4 is 40.4 Å². The number of rotatable bonds is 5. The van der Waals surface area contributed by atoms with Crippen molar-refractivity contribution in [3.63, 3.8) is 0 Å². The first-order valence-electron chi connectivity index (χ1n) is 11.3. The number of benzene rings is 2. The lowest BCUT2D eigenvalue weighted by Crippen LogP contribution is -2.64. The highest BCUT2D eigenvalue weighted by Crippen LogP contribution is 2.37. The molecule has 2 aromatic carbocycles. The molecule has 1 N–H and O–H groups in total. The van der Waals surface area contributed by atoms with Gasteiger partial charge < -0.3 is 5.32 Å². The van der Waals surface area contributed by atoms with Crippen molar-refractivity contribution in [3.05, 3.63) is 93.5 Å². The molecule has 178 valence electrons. The summed E-state index contributed by atoms with van der Waals surface area (Å²) >= 11 is 7.89. The van der Waals surface area contributed by atoms with E-state index < -0.39 is 5.54 Å². The summed E-state index contributed by atoms with van der Waals surface area (Å²) in [5, 5.41) is 10.2. The molecule has 2 amide bonds. The van der Waals surface area contributed by atoms with Crippen LogP contribution in [0.25, 0.3) is 10.6 Å². The Morgan fingerprint density at radius 3 is 2.71 bits per heavy atom. The molecule has 4 aromatic rings. The Hall–Kier alpha value is -3.42. The topological polar surface area (TPSA) is 67.2 Å². The minimum Gasteiger partial charge on any atom is -0.350 e. The number of amides is 2. The number of nitrogens with zero attached hydrogens (tertiary/aromatic N) is 3. The van der Waals surface area contributed by atoms with Crippen LogP contribution >= 0.6 is 22.9 Å². The Labute approximate surface area is 213 Å². The zero-order chi connectivity index (χ0) is 24.7. The van der Waals surface area contributed by atoms with E-state index in [2.05, 4.69) is 5.32 Å². The molecule has 2 aromatic heterocycles. The van der Waals surface area contributed by atoms with Crippen LogP contribution in [0.2, 0.25) is 5.02 Å². The van der Waals surface area contributed by atoms with Crippen molar-refractivity contribution in [2.24, 2.45) is 0 Å². The summed E-state index contributed by atoms with van der Waals surface area (Å²) in [5.41, 5.74) is 3.52. The first kappa shape index (κ1) is 23.3. The minimum absolute atomic E-state index is 0.213. The van der Waals surface area contributed by atoms with E-state index in [-0.39, 0.29) is 18.4 Å². The maximum Gasteiger partial charge on any atom is 0.277 e. The standard InChI is InChI=1S/C27H25ClN4O2S/c1-17-6-4-7-19(12-17)15-29-26(34)27(3)16-31-23(14-21(30-31)24-8-5-11-35-24)25(33)32(27)22-13-20(28)10-9-18(22)2/h4-14H,15-16H2,1-3H3,(H,29,34)/t27-/m1/s1. The lowest BCUT2D eigenvalue weighted by Gasteiger charge is -2.43. The lowest BCUT2D eigenvalue weighted by molar-refractivity contribution is -0.126. The van der Waals surface area contributed by atoms with Crippen LogP contribution in [0.3, 0.4) is 0 Å². The van der Waals surface area contributed by atoms with Crippen molar-refractivity contribution in [1.82, 2.24) is 15.1 Å².